The van der Waals surface area contributed by atoms with Crippen LogP contribution in [-0.2, 0) is 22.4 Å². The van der Waals surface area contributed by atoms with Gasteiger partial charge in [0.1, 0.15) is 4.88 Å². The molecular formula is C19H20ClNO3S. The van der Waals surface area contributed by atoms with Crippen LogP contribution in [0.25, 0.3) is 0 Å². The summed E-state index contributed by atoms with van der Waals surface area (Å²) in [6, 6.07) is 7.19. The average molecular weight is 378 g/mol. The zero-order chi connectivity index (χ0) is 18.0. The Morgan fingerprint density at radius 1 is 1.40 bits per heavy atom. The summed E-state index contributed by atoms with van der Waals surface area (Å²) in [7, 11) is 0. The van der Waals surface area contributed by atoms with Crippen molar-refractivity contribution in [1.82, 2.24) is 0 Å². The molecule has 0 aliphatic heterocycles. The van der Waals surface area contributed by atoms with Crippen LogP contribution >= 0.6 is 22.9 Å². The molecule has 1 heterocycles. The van der Waals surface area contributed by atoms with E-state index < -0.39 is 5.97 Å². The Labute approximate surface area is 156 Å². The van der Waals surface area contributed by atoms with Crippen LogP contribution in [0.15, 0.2) is 24.3 Å². The normalized spacial score (nSPS) is 16.2. The first-order valence-electron chi connectivity index (χ1n) is 8.27. The SMILES string of the molecule is Cc1c(Cl)cccc1NC(=O)COC(=O)c1cc2c(s1)CC[C@@H](C)C2. The van der Waals surface area contributed by atoms with Crippen molar-refractivity contribution in [3.05, 3.63) is 50.2 Å². The van der Waals surface area contributed by atoms with Gasteiger partial charge in [-0.2, -0.15) is 0 Å². The van der Waals surface area contributed by atoms with Gasteiger partial charge < -0.3 is 10.1 Å². The molecule has 0 bridgehead atoms. The van der Waals surface area contributed by atoms with Gasteiger partial charge in [-0.1, -0.05) is 24.6 Å². The van der Waals surface area contributed by atoms with Gasteiger partial charge in [0.25, 0.3) is 5.91 Å². The lowest BCUT2D eigenvalue weighted by atomic mass is 9.90. The molecular weight excluding hydrogens is 358 g/mol. The topological polar surface area (TPSA) is 55.4 Å². The largest absolute Gasteiger partial charge is 0.451 e. The maximum atomic E-state index is 12.2. The summed E-state index contributed by atoms with van der Waals surface area (Å²) < 4.78 is 5.16. The Bertz CT molecular complexity index is 815. The number of rotatable bonds is 4. The molecule has 1 amide bonds. The first kappa shape index (κ1) is 18.0. The summed E-state index contributed by atoms with van der Waals surface area (Å²) in [5, 5.41) is 3.29. The lowest BCUT2D eigenvalue weighted by molar-refractivity contribution is -0.119. The quantitative estimate of drug-likeness (QED) is 0.790. The molecule has 1 aliphatic carbocycles. The highest BCUT2D eigenvalue weighted by Gasteiger charge is 2.21. The van der Waals surface area contributed by atoms with Gasteiger partial charge in [0, 0.05) is 15.6 Å². The average Bonchev–Trinajstić information content (AvgIpc) is 3.00. The summed E-state index contributed by atoms with van der Waals surface area (Å²) in [5.41, 5.74) is 2.65. The number of carbonyl (C=O) groups excluding carboxylic acids is 2. The zero-order valence-electron chi connectivity index (χ0n) is 14.2. The number of aryl methyl sites for hydroxylation is 1. The third-order valence-electron chi connectivity index (χ3n) is 4.41. The van der Waals surface area contributed by atoms with Crippen LogP contribution in [0.5, 0.6) is 0 Å². The molecule has 3 rings (SSSR count). The number of anilines is 1. The van der Waals surface area contributed by atoms with Gasteiger partial charge in [0.05, 0.1) is 0 Å². The van der Waals surface area contributed by atoms with Gasteiger partial charge in [0.2, 0.25) is 0 Å². The second-order valence-electron chi connectivity index (χ2n) is 6.44. The van der Waals surface area contributed by atoms with Crippen LogP contribution in [0.2, 0.25) is 5.02 Å². The fourth-order valence-electron chi connectivity index (χ4n) is 2.94. The minimum Gasteiger partial charge on any atom is -0.451 e. The summed E-state index contributed by atoms with van der Waals surface area (Å²) in [5.74, 6) is -0.170. The number of ether oxygens (including phenoxy) is 1. The molecule has 25 heavy (non-hydrogen) atoms. The maximum Gasteiger partial charge on any atom is 0.348 e. The van der Waals surface area contributed by atoms with E-state index in [1.807, 2.05) is 13.0 Å². The highest BCUT2D eigenvalue weighted by Crippen LogP contribution is 2.32. The molecule has 132 valence electrons. The van der Waals surface area contributed by atoms with E-state index in [1.54, 1.807) is 18.2 Å². The molecule has 0 saturated carbocycles. The Kier molecular flexibility index (Phi) is 5.45. The van der Waals surface area contributed by atoms with Crippen molar-refractivity contribution in [2.24, 2.45) is 5.92 Å². The molecule has 1 aromatic carbocycles. The fourth-order valence-corrected chi connectivity index (χ4v) is 4.21. The van der Waals surface area contributed by atoms with Crippen LogP contribution in [0.3, 0.4) is 0 Å². The minimum atomic E-state index is -0.440. The van der Waals surface area contributed by atoms with Crippen molar-refractivity contribution in [2.45, 2.75) is 33.1 Å². The lowest BCUT2D eigenvalue weighted by Crippen LogP contribution is -2.21. The summed E-state index contributed by atoms with van der Waals surface area (Å²) in [6.45, 7) is 3.73. The van der Waals surface area contributed by atoms with Crippen LogP contribution in [0.4, 0.5) is 5.69 Å². The number of hydrogen-bond donors (Lipinski definition) is 1. The molecule has 4 nitrogen and oxygen atoms in total. The molecule has 0 radical (unpaired) electrons. The molecule has 0 unspecified atom stereocenters. The standard InChI is InChI=1S/C19H20ClNO3S/c1-11-6-7-16-13(8-11)9-17(25-16)19(23)24-10-18(22)21-15-5-3-4-14(20)12(15)2/h3-5,9,11H,6-8,10H2,1-2H3,(H,21,22)/t11-/m1/s1. The van der Waals surface area contributed by atoms with E-state index in [2.05, 4.69) is 12.2 Å². The Morgan fingerprint density at radius 2 is 2.20 bits per heavy atom. The van der Waals surface area contributed by atoms with E-state index in [0.29, 0.717) is 21.5 Å². The van der Waals surface area contributed by atoms with E-state index in [9.17, 15) is 9.59 Å². The van der Waals surface area contributed by atoms with Crippen LogP contribution in [0.1, 0.15) is 39.0 Å². The minimum absolute atomic E-state index is 0.316. The van der Waals surface area contributed by atoms with E-state index in [-0.39, 0.29) is 12.5 Å². The van der Waals surface area contributed by atoms with Crippen LogP contribution in [0, 0.1) is 12.8 Å². The molecule has 0 saturated heterocycles. The molecule has 2 aromatic rings. The van der Waals surface area contributed by atoms with E-state index in [0.717, 1.165) is 24.8 Å². The number of nitrogens with one attached hydrogen (secondary N) is 1. The van der Waals surface area contributed by atoms with E-state index in [4.69, 9.17) is 16.3 Å². The Balaban J connectivity index is 1.57. The van der Waals surface area contributed by atoms with Crippen molar-refractivity contribution in [3.8, 4) is 0 Å². The second kappa shape index (κ2) is 7.58. The van der Waals surface area contributed by atoms with Crippen LogP contribution in [-0.4, -0.2) is 18.5 Å². The van der Waals surface area contributed by atoms with E-state index in [1.165, 1.54) is 21.8 Å². The number of amides is 1. The smallest absolute Gasteiger partial charge is 0.348 e. The van der Waals surface area contributed by atoms with Crippen molar-refractivity contribution >= 4 is 40.5 Å². The van der Waals surface area contributed by atoms with Crippen LogP contribution < -0.4 is 5.32 Å². The molecule has 1 atom stereocenters. The molecule has 6 heteroatoms. The van der Waals surface area contributed by atoms with Crippen molar-refractivity contribution in [2.75, 3.05) is 11.9 Å². The number of halogens is 1. The fraction of sp³-hybridized carbons (Fsp3) is 0.368. The Hall–Kier alpha value is -1.85. The summed E-state index contributed by atoms with van der Waals surface area (Å²) in [6.07, 6.45) is 3.18. The molecule has 0 fully saturated rings. The lowest BCUT2D eigenvalue weighted by Gasteiger charge is -2.16. The molecule has 0 spiro atoms. The van der Waals surface area contributed by atoms with Gasteiger partial charge in [0.15, 0.2) is 6.61 Å². The number of hydrogen-bond acceptors (Lipinski definition) is 4. The first-order chi connectivity index (χ1) is 11.9. The summed E-state index contributed by atoms with van der Waals surface area (Å²) in [4.78, 5) is 26.1. The van der Waals surface area contributed by atoms with E-state index >= 15 is 0 Å². The number of fused-ring (bicyclic) bond motifs is 1. The highest BCUT2D eigenvalue weighted by molar-refractivity contribution is 7.14. The zero-order valence-corrected chi connectivity index (χ0v) is 15.8. The second-order valence-corrected chi connectivity index (χ2v) is 7.99. The number of esters is 1. The van der Waals surface area contributed by atoms with Gasteiger partial charge in [-0.05, 0) is 61.4 Å². The predicted molar refractivity (Wildman–Crippen MR) is 101 cm³/mol. The maximum absolute atomic E-state index is 12.2. The molecule has 1 aromatic heterocycles. The Morgan fingerprint density at radius 3 is 3.00 bits per heavy atom. The number of carbonyl (C=O) groups is 2. The monoisotopic (exact) mass is 377 g/mol. The third-order valence-corrected chi connectivity index (χ3v) is 6.03. The van der Waals surface area contributed by atoms with Crippen molar-refractivity contribution in [3.63, 3.8) is 0 Å². The first-order valence-corrected chi connectivity index (χ1v) is 9.47. The molecule has 1 aliphatic rings. The predicted octanol–water partition coefficient (Wildman–Crippen LogP) is 4.63. The van der Waals surface area contributed by atoms with Crippen molar-refractivity contribution < 1.29 is 14.3 Å². The number of benzene rings is 1. The van der Waals surface area contributed by atoms with Gasteiger partial charge in [-0.3, -0.25) is 4.79 Å². The summed E-state index contributed by atoms with van der Waals surface area (Å²) >= 11 is 7.51. The van der Waals surface area contributed by atoms with Gasteiger partial charge in [-0.15, -0.1) is 11.3 Å². The van der Waals surface area contributed by atoms with Gasteiger partial charge in [-0.25, -0.2) is 4.79 Å². The number of thiophene rings is 1. The highest BCUT2D eigenvalue weighted by atomic mass is 35.5. The van der Waals surface area contributed by atoms with Gasteiger partial charge >= 0.3 is 5.97 Å². The third kappa shape index (κ3) is 4.22. The van der Waals surface area contributed by atoms with Crippen molar-refractivity contribution in [1.29, 1.82) is 0 Å². The molecule has 1 N–H and O–H groups in total.